The second-order valence-corrected chi connectivity index (χ2v) is 4.89. The lowest BCUT2D eigenvalue weighted by Gasteiger charge is -2.20. The van der Waals surface area contributed by atoms with E-state index in [1.165, 1.54) is 47.2 Å². The van der Waals surface area contributed by atoms with Crippen molar-refractivity contribution in [1.29, 1.82) is 0 Å². The van der Waals surface area contributed by atoms with E-state index < -0.39 is 0 Å². The molecular weight excluding hydrogens is 208 g/mol. The number of aryl methyl sites for hydroxylation is 2. The molecular formula is C15H18N2. The van der Waals surface area contributed by atoms with Gasteiger partial charge >= 0.3 is 0 Å². The summed E-state index contributed by atoms with van der Waals surface area (Å²) in [6, 6.07) is 6.52. The van der Waals surface area contributed by atoms with Crippen LogP contribution in [0.3, 0.4) is 0 Å². The van der Waals surface area contributed by atoms with Gasteiger partial charge in [0.2, 0.25) is 0 Å². The molecule has 17 heavy (non-hydrogen) atoms. The first-order valence-electron chi connectivity index (χ1n) is 6.39. The number of fused-ring (bicyclic) bond motifs is 2. The molecule has 2 aromatic rings. The fraction of sp³-hybridized carbons (Fsp3) is 0.400. The highest BCUT2D eigenvalue weighted by Crippen LogP contribution is 2.33. The van der Waals surface area contributed by atoms with Gasteiger partial charge in [-0.15, -0.1) is 0 Å². The Morgan fingerprint density at radius 2 is 2.00 bits per heavy atom. The molecule has 88 valence electrons. The summed E-state index contributed by atoms with van der Waals surface area (Å²) >= 11 is 0. The maximum atomic E-state index is 4.83. The monoisotopic (exact) mass is 226 g/mol. The molecule has 1 aliphatic carbocycles. The lowest BCUT2D eigenvalue weighted by molar-refractivity contribution is 0.672. The summed E-state index contributed by atoms with van der Waals surface area (Å²) in [7, 11) is 2.02. The number of hydrogen-bond acceptors (Lipinski definition) is 2. The third-order valence-corrected chi connectivity index (χ3v) is 3.67. The molecule has 0 atom stereocenters. The molecule has 0 saturated heterocycles. The quantitative estimate of drug-likeness (QED) is 0.805. The summed E-state index contributed by atoms with van der Waals surface area (Å²) in [5.74, 6) is 0. The van der Waals surface area contributed by atoms with Crippen molar-refractivity contribution in [2.75, 3.05) is 12.4 Å². The summed E-state index contributed by atoms with van der Waals surface area (Å²) in [6.45, 7) is 2.14. The number of aromatic nitrogens is 1. The van der Waals surface area contributed by atoms with Gasteiger partial charge in [-0.2, -0.15) is 0 Å². The minimum Gasteiger partial charge on any atom is -0.387 e. The zero-order valence-electron chi connectivity index (χ0n) is 10.5. The van der Waals surface area contributed by atoms with Crippen LogP contribution < -0.4 is 5.32 Å². The van der Waals surface area contributed by atoms with Crippen molar-refractivity contribution in [2.45, 2.75) is 32.6 Å². The predicted octanol–water partition coefficient (Wildman–Crippen LogP) is 3.46. The zero-order chi connectivity index (χ0) is 11.8. The van der Waals surface area contributed by atoms with Crippen molar-refractivity contribution < 1.29 is 0 Å². The van der Waals surface area contributed by atoms with Crippen molar-refractivity contribution in [3.05, 3.63) is 35.0 Å². The summed E-state index contributed by atoms with van der Waals surface area (Å²) < 4.78 is 0. The van der Waals surface area contributed by atoms with Crippen LogP contribution in [0.4, 0.5) is 5.69 Å². The van der Waals surface area contributed by atoms with Crippen molar-refractivity contribution in [1.82, 2.24) is 4.98 Å². The van der Waals surface area contributed by atoms with Crippen LogP contribution in [-0.2, 0) is 12.8 Å². The Balaban J connectivity index is 2.35. The lowest BCUT2D eigenvalue weighted by atomic mass is 9.92. The molecule has 1 aromatic heterocycles. The van der Waals surface area contributed by atoms with E-state index in [1.54, 1.807) is 0 Å². The average Bonchev–Trinajstić information content (AvgIpc) is 2.36. The van der Waals surface area contributed by atoms with E-state index in [-0.39, 0.29) is 0 Å². The van der Waals surface area contributed by atoms with E-state index in [0.717, 1.165) is 11.9 Å². The molecule has 0 radical (unpaired) electrons. The maximum absolute atomic E-state index is 4.83. The Morgan fingerprint density at radius 3 is 2.82 bits per heavy atom. The molecule has 2 heteroatoms. The number of rotatable bonds is 1. The molecule has 0 aliphatic heterocycles. The summed E-state index contributed by atoms with van der Waals surface area (Å²) in [5, 5.41) is 4.66. The molecule has 1 heterocycles. The second kappa shape index (κ2) is 4.02. The minimum atomic E-state index is 1.13. The van der Waals surface area contributed by atoms with Crippen molar-refractivity contribution in [2.24, 2.45) is 0 Å². The third kappa shape index (κ3) is 1.68. The Labute approximate surface area is 102 Å². The topological polar surface area (TPSA) is 24.9 Å². The first-order chi connectivity index (χ1) is 8.29. The third-order valence-electron chi connectivity index (χ3n) is 3.67. The number of pyridine rings is 1. The van der Waals surface area contributed by atoms with Gasteiger partial charge in [0, 0.05) is 23.8 Å². The number of nitrogens with zero attached hydrogens (tertiary/aromatic N) is 1. The summed E-state index contributed by atoms with van der Waals surface area (Å²) in [5.41, 5.74) is 6.47. The second-order valence-electron chi connectivity index (χ2n) is 4.89. The molecule has 0 amide bonds. The Morgan fingerprint density at radius 1 is 1.18 bits per heavy atom. The highest BCUT2D eigenvalue weighted by atomic mass is 14.9. The number of benzene rings is 1. The van der Waals surface area contributed by atoms with Crippen molar-refractivity contribution in [3.8, 4) is 0 Å². The standard InChI is InChI=1S/C15H18N2/c1-10-7-8-14-12(9-10)15(16-2)11-5-3-4-6-13(11)17-14/h7-9H,3-6H2,1-2H3,(H,16,17). The van der Waals surface area contributed by atoms with E-state index in [2.05, 4.69) is 30.4 Å². The van der Waals surface area contributed by atoms with Crippen LogP contribution in [0.15, 0.2) is 18.2 Å². The average molecular weight is 226 g/mol. The lowest BCUT2D eigenvalue weighted by Crippen LogP contribution is -2.09. The van der Waals surface area contributed by atoms with E-state index in [0.29, 0.717) is 0 Å². The van der Waals surface area contributed by atoms with Gasteiger partial charge in [-0.05, 0) is 50.3 Å². The molecule has 0 spiro atoms. The minimum absolute atomic E-state index is 1.13. The molecule has 2 nitrogen and oxygen atoms in total. The smallest absolute Gasteiger partial charge is 0.0726 e. The van der Waals surface area contributed by atoms with Crippen LogP contribution >= 0.6 is 0 Å². The van der Waals surface area contributed by atoms with E-state index in [9.17, 15) is 0 Å². The normalized spacial score (nSPS) is 14.7. The fourth-order valence-corrected chi connectivity index (χ4v) is 2.82. The van der Waals surface area contributed by atoms with Crippen LogP contribution in [0.2, 0.25) is 0 Å². The van der Waals surface area contributed by atoms with Gasteiger partial charge in [0.25, 0.3) is 0 Å². The van der Waals surface area contributed by atoms with E-state index >= 15 is 0 Å². The Kier molecular flexibility index (Phi) is 2.50. The Bertz CT molecular complexity index is 573. The van der Waals surface area contributed by atoms with Crippen LogP contribution in [0.1, 0.15) is 29.7 Å². The van der Waals surface area contributed by atoms with Crippen LogP contribution in [0.25, 0.3) is 10.9 Å². The number of nitrogens with one attached hydrogen (secondary N) is 1. The highest BCUT2D eigenvalue weighted by Gasteiger charge is 2.17. The van der Waals surface area contributed by atoms with Crippen molar-refractivity contribution >= 4 is 16.6 Å². The number of hydrogen-bond donors (Lipinski definition) is 1. The largest absolute Gasteiger partial charge is 0.387 e. The fourth-order valence-electron chi connectivity index (χ4n) is 2.82. The molecule has 1 N–H and O–H groups in total. The SMILES string of the molecule is CNc1c2c(nc3ccc(C)cc13)CCCC2. The van der Waals surface area contributed by atoms with Gasteiger partial charge in [-0.25, -0.2) is 0 Å². The first-order valence-corrected chi connectivity index (χ1v) is 6.39. The van der Waals surface area contributed by atoms with Gasteiger partial charge in [0.15, 0.2) is 0 Å². The molecule has 3 rings (SSSR count). The summed E-state index contributed by atoms with van der Waals surface area (Å²) in [6.07, 6.45) is 4.87. The van der Waals surface area contributed by atoms with Gasteiger partial charge < -0.3 is 5.32 Å². The van der Waals surface area contributed by atoms with Gasteiger partial charge in [0.05, 0.1) is 5.52 Å². The van der Waals surface area contributed by atoms with Gasteiger partial charge in [0.1, 0.15) is 0 Å². The molecule has 0 saturated carbocycles. The number of anilines is 1. The van der Waals surface area contributed by atoms with Crippen molar-refractivity contribution in [3.63, 3.8) is 0 Å². The van der Waals surface area contributed by atoms with Gasteiger partial charge in [-0.3, -0.25) is 4.98 Å². The molecule has 0 bridgehead atoms. The molecule has 0 fully saturated rings. The summed E-state index contributed by atoms with van der Waals surface area (Å²) in [4.78, 5) is 4.83. The molecule has 1 aliphatic rings. The van der Waals surface area contributed by atoms with Crippen LogP contribution in [0, 0.1) is 6.92 Å². The van der Waals surface area contributed by atoms with Crippen LogP contribution in [0.5, 0.6) is 0 Å². The molecule has 0 unspecified atom stereocenters. The predicted molar refractivity (Wildman–Crippen MR) is 72.7 cm³/mol. The first kappa shape index (κ1) is 10.6. The Hall–Kier alpha value is -1.57. The zero-order valence-corrected chi connectivity index (χ0v) is 10.5. The van der Waals surface area contributed by atoms with E-state index in [1.807, 2.05) is 7.05 Å². The maximum Gasteiger partial charge on any atom is 0.0726 e. The van der Waals surface area contributed by atoms with E-state index in [4.69, 9.17) is 4.98 Å². The highest BCUT2D eigenvalue weighted by molar-refractivity contribution is 5.94. The van der Waals surface area contributed by atoms with Gasteiger partial charge in [-0.1, -0.05) is 11.6 Å². The van der Waals surface area contributed by atoms with Crippen LogP contribution in [-0.4, -0.2) is 12.0 Å². The molecule has 1 aromatic carbocycles.